The lowest BCUT2D eigenvalue weighted by Gasteiger charge is -2.18. The van der Waals surface area contributed by atoms with E-state index in [1.54, 1.807) is 6.92 Å². The lowest BCUT2D eigenvalue weighted by molar-refractivity contribution is 0.215. The largest absolute Gasteiger partial charge is 0.701 e. The molecule has 2 rings (SSSR count). The van der Waals surface area contributed by atoms with Crippen molar-refractivity contribution in [3.63, 3.8) is 0 Å². The molecule has 0 fully saturated rings. The first kappa shape index (κ1) is 12.3. The summed E-state index contributed by atoms with van der Waals surface area (Å²) in [5.41, 5.74) is 8.89. The molecule has 0 aliphatic rings. The summed E-state index contributed by atoms with van der Waals surface area (Å²) in [4.78, 5) is 3.76. The summed E-state index contributed by atoms with van der Waals surface area (Å²) < 4.78 is 0. The summed E-state index contributed by atoms with van der Waals surface area (Å²) in [6, 6.07) is 13.6. The van der Waals surface area contributed by atoms with Crippen LogP contribution in [0, 0.1) is 0 Å². The third-order valence-electron chi connectivity index (χ3n) is 2.93. The molecular weight excluding hydrogens is 224 g/mol. The van der Waals surface area contributed by atoms with Crippen molar-refractivity contribution in [3.8, 4) is 0 Å². The maximum absolute atomic E-state index is 10.3. The first-order valence-corrected chi connectivity index (χ1v) is 5.70. The second kappa shape index (κ2) is 5.02. The van der Waals surface area contributed by atoms with Gasteiger partial charge in [-0.15, -0.1) is 5.70 Å². The van der Waals surface area contributed by atoms with Gasteiger partial charge in [-0.25, -0.2) is 0 Å². The fourth-order valence-electron chi connectivity index (χ4n) is 2.05. The molecule has 2 N–H and O–H groups in total. The summed E-state index contributed by atoms with van der Waals surface area (Å²) in [5, 5.41) is 12.4. The minimum absolute atomic E-state index is 0.227. The van der Waals surface area contributed by atoms with Gasteiger partial charge in [-0.05, 0) is 23.1 Å². The minimum atomic E-state index is -0.911. The van der Waals surface area contributed by atoms with Crippen molar-refractivity contribution in [2.24, 2.45) is 4.99 Å². The Hall–Kier alpha value is -2.13. The van der Waals surface area contributed by atoms with Crippen LogP contribution in [0.25, 0.3) is 16.5 Å². The van der Waals surface area contributed by atoms with E-state index in [1.165, 1.54) is 0 Å². The van der Waals surface area contributed by atoms with Crippen LogP contribution in [0.3, 0.4) is 0 Å². The monoisotopic (exact) mass is 239 g/mol. The quantitative estimate of drug-likeness (QED) is 0.812. The van der Waals surface area contributed by atoms with Crippen LogP contribution < -0.4 is 0 Å². The van der Waals surface area contributed by atoms with Gasteiger partial charge in [0.2, 0.25) is 0 Å². The predicted molar refractivity (Wildman–Crippen MR) is 75.5 cm³/mol. The van der Waals surface area contributed by atoms with E-state index in [2.05, 4.69) is 11.7 Å². The SMILES string of the molecule is C=N/C(=C(/C)[NH-])C(O)c1cccc2ccccc12. The molecule has 0 radical (unpaired) electrons. The van der Waals surface area contributed by atoms with Gasteiger partial charge in [-0.2, -0.15) is 0 Å². The maximum atomic E-state index is 10.3. The van der Waals surface area contributed by atoms with Crippen LogP contribution in [0.1, 0.15) is 18.6 Å². The number of nitrogens with one attached hydrogen (secondary N) is 1. The molecule has 2 aromatic rings. The highest BCUT2D eigenvalue weighted by molar-refractivity contribution is 5.86. The van der Waals surface area contributed by atoms with Crippen molar-refractivity contribution < 1.29 is 5.11 Å². The Morgan fingerprint density at radius 2 is 1.89 bits per heavy atom. The third kappa shape index (κ3) is 2.13. The standard InChI is InChI=1S/C15H15N2O/c1-10(16)14(17-2)15(18)13-9-5-7-11-6-3-4-8-12(11)13/h3-9,15-16,18H,2H2,1H3/q-1/b14-10-. The molecular formula is C15H15N2O-. The number of aliphatic hydroxyl groups is 1. The predicted octanol–water partition coefficient (Wildman–Crippen LogP) is 3.86. The van der Waals surface area contributed by atoms with E-state index in [9.17, 15) is 5.11 Å². The molecule has 0 bridgehead atoms. The van der Waals surface area contributed by atoms with Crippen LogP contribution in [0.2, 0.25) is 0 Å². The van der Waals surface area contributed by atoms with Crippen LogP contribution in [0.15, 0.2) is 58.9 Å². The molecule has 0 spiro atoms. The van der Waals surface area contributed by atoms with Crippen molar-refractivity contribution in [1.29, 1.82) is 0 Å². The van der Waals surface area contributed by atoms with Crippen LogP contribution in [-0.4, -0.2) is 11.8 Å². The van der Waals surface area contributed by atoms with E-state index in [-0.39, 0.29) is 5.70 Å². The lowest BCUT2D eigenvalue weighted by atomic mass is 9.98. The van der Waals surface area contributed by atoms with Crippen molar-refractivity contribution in [2.45, 2.75) is 13.0 Å². The van der Waals surface area contributed by atoms with Gasteiger partial charge in [-0.3, -0.25) is 4.99 Å². The average Bonchev–Trinajstić information content (AvgIpc) is 2.38. The number of rotatable bonds is 3. The number of aliphatic imine (C=N–C) groups is 1. The Morgan fingerprint density at radius 1 is 1.22 bits per heavy atom. The highest BCUT2D eigenvalue weighted by Crippen LogP contribution is 2.30. The number of allylic oxidation sites excluding steroid dienone is 1. The molecule has 0 aliphatic heterocycles. The normalized spacial score (nSPS) is 14.1. The van der Waals surface area contributed by atoms with Crippen molar-refractivity contribution in [3.05, 3.63) is 65.2 Å². The van der Waals surface area contributed by atoms with Crippen molar-refractivity contribution >= 4 is 17.5 Å². The fourth-order valence-corrected chi connectivity index (χ4v) is 2.05. The average molecular weight is 239 g/mol. The lowest BCUT2D eigenvalue weighted by Crippen LogP contribution is -2.02. The topological polar surface area (TPSA) is 56.4 Å². The van der Waals surface area contributed by atoms with Crippen LogP contribution >= 0.6 is 0 Å². The zero-order valence-corrected chi connectivity index (χ0v) is 10.2. The van der Waals surface area contributed by atoms with Crippen LogP contribution in [-0.2, 0) is 0 Å². The van der Waals surface area contributed by atoms with E-state index in [0.29, 0.717) is 5.70 Å². The first-order valence-electron chi connectivity index (χ1n) is 5.70. The highest BCUT2D eigenvalue weighted by atomic mass is 16.3. The first-order chi connectivity index (χ1) is 8.65. The molecule has 0 saturated heterocycles. The summed E-state index contributed by atoms with van der Waals surface area (Å²) in [6.07, 6.45) is -0.911. The van der Waals surface area contributed by atoms with E-state index in [1.807, 2.05) is 42.5 Å². The van der Waals surface area contributed by atoms with Gasteiger partial charge in [-0.1, -0.05) is 49.4 Å². The molecule has 0 amide bonds. The van der Waals surface area contributed by atoms with Gasteiger partial charge in [0.25, 0.3) is 0 Å². The second-order valence-electron chi connectivity index (χ2n) is 4.14. The van der Waals surface area contributed by atoms with Crippen LogP contribution in [0.4, 0.5) is 0 Å². The zero-order valence-electron chi connectivity index (χ0n) is 10.2. The molecule has 18 heavy (non-hydrogen) atoms. The maximum Gasteiger partial charge on any atom is 0.120 e. The van der Waals surface area contributed by atoms with Gasteiger partial charge in [0.1, 0.15) is 6.10 Å². The van der Waals surface area contributed by atoms with Gasteiger partial charge < -0.3 is 10.8 Å². The number of fused-ring (bicyclic) bond motifs is 1. The summed E-state index contributed by atoms with van der Waals surface area (Å²) in [6.45, 7) is 5.02. The van der Waals surface area contributed by atoms with Gasteiger partial charge in [0.15, 0.2) is 0 Å². The van der Waals surface area contributed by atoms with E-state index < -0.39 is 6.10 Å². The molecule has 1 unspecified atom stereocenters. The number of hydrogen-bond acceptors (Lipinski definition) is 2. The molecule has 92 valence electrons. The second-order valence-corrected chi connectivity index (χ2v) is 4.14. The van der Waals surface area contributed by atoms with E-state index >= 15 is 0 Å². The summed E-state index contributed by atoms with van der Waals surface area (Å²) >= 11 is 0. The smallest absolute Gasteiger partial charge is 0.120 e. The van der Waals surface area contributed by atoms with Crippen LogP contribution in [0.5, 0.6) is 0 Å². The number of aliphatic hydroxyl groups excluding tert-OH is 1. The van der Waals surface area contributed by atoms with Crippen molar-refractivity contribution in [2.75, 3.05) is 0 Å². The molecule has 3 heteroatoms. The summed E-state index contributed by atoms with van der Waals surface area (Å²) in [5.74, 6) is 0. The number of hydrogen-bond donors (Lipinski definition) is 1. The Bertz CT molecular complexity index is 607. The third-order valence-corrected chi connectivity index (χ3v) is 2.93. The highest BCUT2D eigenvalue weighted by Gasteiger charge is 2.14. The van der Waals surface area contributed by atoms with Gasteiger partial charge >= 0.3 is 0 Å². The Kier molecular flexibility index (Phi) is 3.44. The van der Waals surface area contributed by atoms with E-state index in [0.717, 1.165) is 16.3 Å². The molecule has 3 nitrogen and oxygen atoms in total. The Balaban J connectivity index is 2.61. The molecule has 0 aromatic heterocycles. The number of benzene rings is 2. The Morgan fingerprint density at radius 3 is 2.56 bits per heavy atom. The molecule has 0 saturated carbocycles. The minimum Gasteiger partial charge on any atom is -0.701 e. The fraction of sp³-hybridized carbons (Fsp3) is 0.133. The van der Waals surface area contributed by atoms with Gasteiger partial charge in [0.05, 0.1) is 5.70 Å². The summed E-state index contributed by atoms with van der Waals surface area (Å²) in [7, 11) is 0. The van der Waals surface area contributed by atoms with Gasteiger partial charge in [0, 0.05) is 0 Å². The van der Waals surface area contributed by atoms with Crippen molar-refractivity contribution in [1.82, 2.24) is 0 Å². The molecule has 2 aromatic carbocycles. The number of nitrogens with zero attached hydrogens (tertiary/aromatic N) is 1. The molecule has 0 heterocycles. The zero-order chi connectivity index (χ0) is 13.1. The van der Waals surface area contributed by atoms with E-state index in [4.69, 9.17) is 5.73 Å². The molecule has 0 aliphatic carbocycles. The Labute approximate surface area is 106 Å². The molecule has 1 atom stereocenters.